The molecule has 0 fully saturated rings. The van der Waals surface area contributed by atoms with Gasteiger partial charge in [0.05, 0.1) is 6.07 Å². The Bertz CT molecular complexity index is 376. The highest BCUT2D eigenvalue weighted by Gasteiger charge is 2.20. The number of hydrogen-bond donors (Lipinski definition) is 3. The molecule has 0 aliphatic rings. The first-order valence-corrected chi connectivity index (χ1v) is 3.87. The van der Waals surface area contributed by atoms with Gasteiger partial charge >= 0.3 is 0 Å². The van der Waals surface area contributed by atoms with Crippen molar-refractivity contribution in [2.45, 2.75) is 12.2 Å². The summed E-state index contributed by atoms with van der Waals surface area (Å²) in [5.74, 6) is -0.744. The van der Waals surface area contributed by atoms with E-state index in [-0.39, 0.29) is 11.3 Å². The van der Waals surface area contributed by atoms with Crippen molar-refractivity contribution >= 4 is 5.69 Å². The maximum absolute atomic E-state index is 13.1. The van der Waals surface area contributed by atoms with E-state index in [0.29, 0.717) is 0 Å². The second kappa shape index (κ2) is 4.05. The van der Waals surface area contributed by atoms with Crippen LogP contribution in [0.3, 0.4) is 0 Å². The van der Waals surface area contributed by atoms with Crippen molar-refractivity contribution in [2.75, 3.05) is 5.73 Å². The van der Waals surface area contributed by atoms with Crippen LogP contribution in [-0.2, 0) is 0 Å². The summed E-state index contributed by atoms with van der Waals surface area (Å²) in [7, 11) is 0. The van der Waals surface area contributed by atoms with E-state index in [1.165, 1.54) is 18.2 Å². The quantitative estimate of drug-likeness (QED) is 0.469. The van der Waals surface area contributed by atoms with Crippen molar-refractivity contribution < 1.29 is 14.6 Å². The molecule has 0 spiro atoms. The number of nitrogen functional groups attached to an aromatic ring is 1. The number of rotatable bonds is 2. The van der Waals surface area contributed by atoms with Gasteiger partial charge in [-0.1, -0.05) is 6.07 Å². The van der Waals surface area contributed by atoms with Crippen LogP contribution >= 0.6 is 0 Å². The Morgan fingerprint density at radius 2 is 2.07 bits per heavy atom. The molecule has 0 radical (unpaired) electrons. The van der Waals surface area contributed by atoms with Crippen molar-refractivity contribution in [1.29, 1.82) is 5.26 Å². The first kappa shape index (κ1) is 10.4. The highest BCUT2D eigenvalue weighted by atomic mass is 19.1. The van der Waals surface area contributed by atoms with Crippen LogP contribution < -0.4 is 5.73 Å². The number of anilines is 1. The molecule has 0 aliphatic carbocycles. The van der Waals surface area contributed by atoms with Crippen LogP contribution in [0.25, 0.3) is 0 Å². The van der Waals surface area contributed by atoms with Gasteiger partial charge in [0.1, 0.15) is 11.9 Å². The third-order valence-corrected chi connectivity index (χ3v) is 1.77. The van der Waals surface area contributed by atoms with Crippen LogP contribution in [-0.4, -0.2) is 16.3 Å². The summed E-state index contributed by atoms with van der Waals surface area (Å²) in [6.07, 6.45) is -3.20. The van der Waals surface area contributed by atoms with Crippen molar-refractivity contribution in [3.63, 3.8) is 0 Å². The summed E-state index contributed by atoms with van der Waals surface area (Å²) >= 11 is 0. The van der Waals surface area contributed by atoms with E-state index in [4.69, 9.17) is 16.1 Å². The van der Waals surface area contributed by atoms with Gasteiger partial charge in [0.25, 0.3) is 0 Å². The molecule has 0 saturated carbocycles. The lowest BCUT2D eigenvalue weighted by Gasteiger charge is -2.12. The topological polar surface area (TPSA) is 90.3 Å². The Morgan fingerprint density at radius 3 is 2.57 bits per heavy atom. The normalized spacial score (nSPS) is 14.4. The lowest BCUT2D eigenvalue weighted by Crippen LogP contribution is -2.17. The van der Waals surface area contributed by atoms with E-state index in [9.17, 15) is 9.50 Å². The van der Waals surface area contributed by atoms with Gasteiger partial charge in [-0.3, -0.25) is 0 Å². The molecular formula is C9H9FN2O2. The SMILES string of the molecule is N#CC(O)C(O)c1ccc(N)cc1F. The van der Waals surface area contributed by atoms with Crippen LogP contribution in [0.15, 0.2) is 18.2 Å². The minimum Gasteiger partial charge on any atom is -0.399 e. The average molecular weight is 196 g/mol. The smallest absolute Gasteiger partial charge is 0.170 e. The maximum Gasteiger partial charge on any atom is 0.170 e. The van der Waals surface area contributed by atoms with Gasteiger partial charge < -0.3 is 15.9 Å². The van der Waals surface area contributed by atoms with E-state index in [2.05, 4.69) is 0 Å². The van der Waals surface area contributed by atoms with Gasteiger partial charge in [0, 0.05) is 11.3 Å². The van der Waals surface area contributed by atoms with Crippen molar-refractivity contribution in [3.05, 3.63) is 29.6 Å². The van der Waals surface area contributed by atoms with Gasteiger partial charge in [0.15, 0.2) is 6.10 Å². The number of hydrogen-bond acceptors (Lipinski definition) is 4. The largest absolute Gasteiger partial charge is 0.399 e. The maximum atomic E-state index is 13.1. The fourth-order valence-electron chi connectivity index (χ4n) is 1.02. The average Bonchev–Trinajstić information content (AvgIpc) is 2.15. The molecule has 2 unspecified atom stereocenters. The van der Waals surface area contributed by atoms with E-state index in [1.807, 2.05) is 0 Å². The molecule has 14 heavy (non-hydrogen) atoms. The molecule has 0 bridgehead atoms. The molecule has 1 rings (SSSR count). The summed E-state index contributed by atoms with van der Waals surface area (Å²) in [5.41, 5.74) is 5.35. The molecule has 0 amide bonds. The Kier molecular flexibility index (Phi) is 3.02. The molecule has 0 aliphatic heterocycles. The predicted octanol–water partition coefficient (Wildman–Crippen LogP) is 0.326. The van der Waals surface area contributed by atoms with Crippen LogP contribution in [0, 0.1) is 17.1 Å². The number of nitrogens with two attached hydrogens (primary N) is 1. The molecule has 0 saturated heterocycles. The van der Waals surface area contributed by atoms with Crippen LogP contribution in [0.1, 0.15) is 11.7 Å². The molecule has 0 aromatic heterocycles. The Hall–Kier alpha value is -1.64. The van der Waals surface area contributed by atoms with E-state index in [1.54, 1.807) is 0 Å². The van der Waals surface area contributed by atoms with Gasteiger partial charge in [-0.2, -0.15) is 5.26 Å². The third kappa shape index (κ3) is 1.99. The molecule has 1 aromatic rings. The lowest BCUT2D eigenvalue weighted by molar-refractivity contribution is 0.0503. The Morgan fingerprint density at radius 1 is 1.43 bits per heavy atom. The second-order valence-electron chi connectivity index (χ2n) is 2.80. The highest BCUT2D eigenvalue weighted by Crippen LogP contribution is 2.21. The fraction of sp³-hybridized carbons (Fsp3) is 0.222. The summed E-state index contributed by atoms with van der Waals surface area (Å²) in [4.78, 5) is 0. The van der Waals surface area contributed by atoms with Gasteiger partial charge in [-0.15, -0.1) is 0 Å². The van der Waals surface area contributed by atoms with Crippen molar-refractivity contribution in [1.82, 2.24) is 0 Å². The van der Waals surface area contributed by atoms with Crippen molar-refractivity contribution in [2.24, 2.45) is 0 Å². The lowest BCUT2D eigenvalue weighted by atomic mass is 10.0. The van der Waals surface area contributed by atoms with E-state index >= 15 is 0 Å². The number of aliphatic hydroxyl groups excluding tert-OH is 2. The molecule has 1 aromatic carbocycles. The van der Waals surface area contributed by atoms with Gasteiger partial charge in [-0.05, 0) is 12.1 Å². The molecule has 4 nitrogen and oxygen atoms in total. The zero-order valence-electron chi connectivity index (χ0n) is 7.18. The van der Waals surface area contributed by atoms with E-state index in [0.717, 1.165) is 6.07 Å². The minimum absolute atomic E-state index is 0.145. The zero-order valence-corrected chi connectivity index (χ0v) is 7.18. The fourth-order valence-corrected chi connectivity index (χ4v) is 1.02. The minimum atomic E-state index is -1.65. The number of aliphatic hydroxyl groups is 2. The summed E-state index contributed by atoms with van der Waals surface area (Å²) in [5, 5.41) is 26.6. The monoisotopic (exact) mass is 196 g/mol. The van der Waals surface area contributed by atoms with Crippen LogP contribution in [0.2, 0.25) is 0 Å². The van der Waals surface area contributed by atoms with Crippen LogP contribution in [0.4, 0.5) is 10.1 Å². The molecule has 2 atom stereocenters. The number of nitrogens with zero attached hydrogens (tertiary/aromatic N) is 1. The van der Waals surface area contributed by atoms with E-state index < -0.39 is 18.0 Å². The van der Waals surface area contributed by atoms with Gasteiger partial charge in [-0.25, -0.2) is 4.39 Å². The molecule has 0 heterocycles. The Balaban J connectivity index is 3.03. The van der Waals surface area contributed by atoms with Crippen LogP contribution in [0.5, 0.6) is 0 Å². The standard InChI is InChI=1S/C9H9FN2O2/c10-7-3-5(12)1-2-6(7)9(14)8(13)4-11/h1-3,8-9,13-14H,12H2. The molecule has 74 valence electrons. The van der Waals surface area contributed by atoms with Gasteiger partial charge in [0.2, 0.25) is 0 Å². The molecule has 5 heteroatoms. The first-order chi connectivity index (χ1) is 6.56. The molecular weight excluding hydrogens is 187 g/mol. The first-order valence-electron chi connectivity index (χ1n) is 3.87. The third-order valence-electron chi connectivity index (χ3n) is 1.77. The predicted molar refractivity (Wildman–Crippen MR) is 47.4 cm³/mol. The number of halogens is 1. The number of nitriles is 1. The summed E-state index contributed by atoms with van der Waals surface area (Å²) in [6, 6.07) is 5.04. The Labute approximate surface area is 80.0 Å². The highest BCUT2D eigenvalue weighted by molar-refractivity contribution is 5.41. The number of benzene rings is 1. The summed E-state index contributed by atoms with van der Waals surface area (Å²) in [6.45, 7) is 0. The second-order valence-corrected chi connectivity index (χ2v) is 2.80. The summed E-state index contributed by atoms with van der Waals surface area (Å²) < 4.78 is 13.1. The van der Waals surface area contributed by atoms with Crippen molar-refractivity contribution in [3.8, 4) is 6.07 Å². The zero-order chi connectivity index (χ0) is 10.7. The molecule has 4 N–H and O–H groups in total.